The van der Waals surface area contributed by atoms with Crippen LogP contribution in [0.25, 0.3) is 0 Å². The van der Waals surface area contributed by atoms with E-state index in [2.05, 4.69) is 43.1 Å². The van der Waals surface area contributed by atoms with E-state index >= 15 is 0 Å². The predicted molar refractivity (Wildman–Crippen MR) is 40.9 cm³/mol. The van der Waals surface area contributed by atoms with Crippen molar-refractivity contribution in [1.82, 2.24) is 9.80 Å². The van der Waals surface area contributed by atoms with Crippen LogP contribution in [-0.2, 0) is 0 Å². The van der Waals surface area contributed by atoms with E-state index in [9.17, 15) is 0 Å². The number of hydrogen-bond donors (Lipinski definition) is 0. The van der Waals surface area contributed by atoms with Gasteiger partial charge in [0, 0.05) is 19.4 Å². The van der Waals surface area contributed by atoms with Gasteiger partial charge in [0.25, 0.3) is 0 Å². The summed E-state index contributed by atoms with van der Waals surface area (Å²) in [7, 11) is 2.08. The highest BCUT2D eigenvalue weighted by Gasteiger charge is 2.34. The minimum absolute atomic E-state index is 0.621. The lowest BCUT2D eigenvalue weighted by Crippen LogP contribution is -2.41. The average molecular weight is 136 g/mol. The van der Waals surface area contributed by atoms with Gasteiger partial charge in [-0.15, -0.1) is 0 Å². The Balaban J connectivity index is 2.38. The molecule has 1 atom stereocenters. The fourth-order valence-corrected chi connectivity index (χ4v) is 1.62. The Hall–Kier alpha value is -0.920. The van der Waals surface area contributed by atoms with Gasteiger partial charge in [-0.1, -0.05) is 0 Å². The zero-order chi connectivity index (χ0) is 7.30. The van der Waals surface area contributed by atoms with Gasteiger partial charge in [-0.05, 0) is 19.4 Å². The summed E-state index contributed by atoms with van der Waals surface area (Å²) in [5.41, 5.74) is 1.49. The summed E-state index contributed by atoms with van der Waals surface area (Å²) in [5, 5.41) is 0. The largest absolute Gasteiger partial charge is 0.336 e. The molecule has 0 amide bonds. The monoisotopic (exact) mass is 136 g/mol. The van der Waals surface area contributed by atoms with Crippen LogP contribution >= 0.6 is 0 Å². The van der Waals surface area contributed by atoms with Crippen molar-refractivity contribution in [3.8, 4) is 0 Å². The Kier molecular flexibility index (Phi) is 0.914. The maximum atomic E-state index is 2.29. The van der Waals surface area contributed by atoms with Gasteiger partial charge >= 0.3 is 0 Å². The fraction of sp³-hybridized carbons (Fsp3) is 0.500. The van der Waals surface area contributed by atoms with Gasteiger partial charge in [-0.3, -0.25) is 0 Å². The van der Waals surface area contributed by atoms with Crippen molar-refractivity contribution in [3.63, 3.8) is 0 Å². The Bertz CT molecular complexity index is 227. The van der Waals surface area contributed by atoms with Gasteiger partial charge in [0.1, 0.15) is 5.82 Å². The van der Waals surface area contributed by atoms with Crippen molar-refractivity contribution in [3.05, 3.63) is 23.8 Å². The standard InChI is InChI=1S/C8H12N2/c1-6-7(2)10-5-4-9(3)8(6)10/h4-5,7H,1-3H3. The molecule has 2 rings (SSSR count). The molecule has 10 heavy (non-hydrogen) atoms. The van der Waals surface area contributed by atoms with Gasteiger partial charge in [0.2, 0.25) is 0 Å². The van der Waals surface area contributed by atoms with E-state index in [4.69, 9.17) is 0 Å². The SMILES string of the molecule is CC1=C2N(C)C=CN2C1C. The van der Waals surface area contributed by atoms with E-state index < -0.39 is 0 Å². The average Bonchev–Trinajstić information content (AvgIpc) is 2.27. The third kappa shape index (κ3) is 0.451. The molecular formula is C8H12N2. The fourth-order valence-electron chi connectivity index (χ4n) is 1.62. The number of rotatable bonds is 0. The molecular weight excluding hydrogens is 124 g/mol. The molecule has 0 aromatic carbocycles. The molecule has 2 heteroatoms. The first-order chi connectivity index (χ1) is 4.72. The first-order valence-corrected chi connectivity index (χ1v) is 3.62. The van der Waals surface area contributed by atoms with Gasteiger partial charge in [-0.2, -0.15) is 0 Å². The molecule has 2 nitrogen and oxygen atoms in total. The third-order valence-electron chi connectivity index (χ3n) is 2.43. The van der Waals surface area contributed by atoms with Crippen LogP contribution in [0, 0.1) is 0 Å². The van der Waals surface area contributed by atoms with E-state index in [-0.39, 0.29) is 0 Å². The Morgan fingerprint density at radius 2 is 2.10 bits per heavy atom. The first kappa shape index (κ1) is 5.83. The predicted octanol–water partition coefficient (Wildman–Crippen LogP) is 1.34. The normalized spacial score (nSPS) is 29.3. The molecule has 0 saturated carbocycles. The van der Waals surface area contributed by atoms with Crippen LogP contribution in [-0.4, -0.2) is 22.9 Å². The highest BCUT2D eigenvalue weighted by molar-refractivity contribution is 5.33. The maximum absolute atomic E-state index is 2.29. The lowest BCUT2D eigenvalue weighted by molar-refractivity contribution is 0.276. The molecule has 0 N–H and O–H groups in total. The van der Waals surface area contributed by atoms with Crippen molar-refractivity contribution >= 4 is 0 Å². The number of hydrogen-bond acceptors (Lipinski definition) is 2. The molecule has 2 aliphatic rings. The second kappa shape index (κ2) is 1.57. The summed E-state index contributed by atoms with van der Waals surface area (Å²) in [6.07, 6.45) is 4.23. The molecule has 1 unspecified atom stereocenters. The molecule has 54 valence electrons. The smallest absolute Gasteiger partial charge is 0.113 e. The molecule has 2 aliphatic heterocycles. The molecule has 0 aliphatic carbocycles. The van der Waals surface area contributed by atoms with Crippen LogP contribution in [0.3, 0.4) is 0 Å². The van der Waals surface area contributed by atoms with Crippen molar-refractivity contribution in [2.75, 3.05) is 7.05 Å². The van der Waals surface area contributed by atoms with E-state index in [0.717, 1.165) is 0 Å². The van der Waals surface area contributed by atoms with E-state index in [1.54, 1.807) is 0 Å². The summed E-state index contributed by atoms with van der Waals surface area (Å²) < 4.78 is 0. The van der Waals surface area contributed by atoms with E-state index in [1.165, 1.54) is 11.4 Å². The zero-order valence-electron chi connectivity index (χ0n) is 6.63. The maximum Gasteiger partial charge on any atom is 0.113 e. The molecule has 0 aromatic rings. The third-order valence-corrected chi connectivity index (χ3v) is 2.43. The first-order valence-electron chi connectivity index (χ1n) is 3.62. The molecule has 0 fully saturated rings. The molecule has 0 saturated heterocycles. The summed E-state index contributed by atoms with van der Waals surface area (Å²) in [6.45, 7) is 4.42. The van der Waals surface area contributed by atoms with Crippen LogP contribution in [0.15, 0.2) is 23.8 Å². The summed E-state index contributed by atoms with van der Waals surface area (Å²) >= 11 is 0. The molecule has 0 spiro atoms. The Morgan fingerprint density at radius 1 is 1.40 bits per heavy atom. The second-order valence-electron chi connectivity index (χ2n) is 3.00. The molecule has 0 aromatic heterocycles. The summed E-state index contributed by atoms with van der Waals surface area (Å²) in [5.74, 6) is 1.37. The highest BCUT2D eigenvalue weighted by Crippen LogP contribution is 2.36. The van der Waals surface area contributed by atoms with Gasteiger partial charge in [-0.25, -0.2) is 0 Å². The van der Waals surface area contributed by atoms with E-state index in [1.807, 2.05) is 0 Å². The minimum Gasteiger partial charge on any atom is -0.336 e. The van der Waals surface area contributed by atoms with Crippen molar-refractivity contribution in [2.24, 2.45) is 0 Å². The number of nitrogens with zero attached hydrogens (tertiary/aromatic N) is 2. The van der Waals surface area contributed by atoms with Gasteiger partial charge in [0.05, 0.1) is 6.04 Å². The summed E-state index contributed by atoms with van der Waals surface area (Å²) in [4.78, 5) is 4.45. The van der Waals surface area contributed by atoms with Crippen LogP contribution in [0.5, 0.6) is 0 Å². The van der Waals surface area contributed by atoms with Crippen LogP contribution < -0.4 is 0 Å². The lowest BCUT2D eigenvalue weighted by Gasteiger charge is -2.40. The minimum atomic E-state index is 0.621. The Morgan fingerprint density at radius 3 is 2.70 bits per heavy atom. The quantitative estimate of drug-likeness (QED) is 0.496. The second-order valence-corrected chi connectivity index (χ2v) is 3.00. The van der Waals surface area contributed by atoms with Crippen molar-refractivity contribution < 1.29 is 0 Å². The van der Waals surface area contributed by atoms with E-state index in [0.29, 0.717) is 6.04 Å². The molecule has 0 radical (unpaired) electrons. The topological polar surface area (TPSA) is 6.48 Å². The lowest BCUT2D eigenvalue weighted by atomic mass is 10.0. The van der Waals surface area contributed by atoms with Crippen LogP contribution in [0.2, 0.25) is 0 Å². The Labute approximate surface area is 61.4 Å². The van der Waals surface area contributed by atoms with Crippen molar-refractivity contribution in [2.45, 2.75) is 19.9 Å². The van der Waals surface area contributed by atoms with Gasteiger partial charge < -0.3 is 9.80 Å². The van der Waals surface area contributed by atoms with Crippen molar-refractivity contribution in [1.29, 1.82) is 0 Å². The van der Waals surface area contributed by atoms with Crippen LogP contribution in [0.1, 0.15) is 13.8 Å². The van der Waals surface area contributed by atoms with Crippen LogP contribution in [0.4, 0.5) is 0 Å². The zero-order valence-corrected chi connectivity index (χ0v) is 6.63. The highest BCUT2D eigenvalue weighted by atomic mass is 15.4. The number of fused-ring (bicyclic) bond motifs is 1. The molecule has 2 heterocycles. The van der Waals surface area contributed by atoms with Gasteiger partial charge in [0.15, 0.2) is 0 Å². The molecule has 0 bridgehead atoms. The summed E-state index contributed by atoms with van der Waals surface area (Å²) in [6, 6.07) is 0.621.